The summed E-state index contributed by atoms with van der Waals surface area (Å²) in [6.45, 7) is 4.19. The summed E-state index contributed by atoms with van der Waals surface area (Å²) in [4.78, 5) is 0. The molecule has 4 nitrogen and oxygen atoms in total. The first-order valence-electron chi connectivity index (χ1n) is 14.0. The summed E-state index contributed by atoms with van der Waals surface area (Å²) in [5.74, 6) is 0. The molecule has 0 saturated carbocycles. The summed E-state index contributed by atoms with van der Waals surface area (Å²) in [5.41, 5.74) is 8.74. The van der Waals surface area contributed by atoms with Crippen molar-refractivity contribution in [2.24, 2.45) is 0 Å². The maximum absolute atomic E-state index is 10.4. The molecule has 0 unspecified atom stereocenters. The third kappa shape index (κ3) is 3.27. The van der Waals surface area contributed by atoms with Crippen LogP contribution in [0.5, 0.6) is 0 Å². The number of fused-ring (bicyclic) bond motifs is 8. The molecule has 4 heteroatoms. The lowest BCUT2D eigenvalue weighted by atomic mass is 10.0. The molecule has 0 aliphatic carbocycles. The molecule has 8 aromatic rings. The van der Waals surface area contributed by atoms with Crippen molar-refractivity contribution >= 4 is 54.4 Å². The molecule has 0 fully saturated rings. The van der Waals surface area contributed by atoms with Crippen molar-refractivity contribution in [2.45, 2.75) is 13.8 Å². The molecule has 0 amide bonds. The molecule has 8 rings (SSSR count). The molecule has 0 bridgehead atoms. The van der Waals surface area contributed by atoms with Crippen LogP contribution in [0.3, 0.4) is 0 Å². The zero-order chi connectivity index (χ0) is 28.5. The standard InChI is InChI=1S/C38H24N4/c1-23-11-14-34-30(17-23)31-18-24(2)12-15-35(31)42(34)37-20-27(19-26(21-39)32(37)22-40)41-33-10-6-5-9-29(33)38-28-8-4-3-7-25(28)13-16-36(38)41/h3-20H,1-2H3. The van der Waals surface area contributed by atoms with E-state index in [-0.39, 0.29) is 0 Å². The fourth-order valence-corrected chi connectivity index (χ4v) is 6.65. The lowest BCUT2D eigenvalue weighted by molar-refractivity contribution is 1.12. The van der Waals surface area contributed by atoms with Crippen LogP contribution in [0, 0.1) is 36.5 Å². The van der Waals surface area contributed by atoms with E-state index >= 15 is 0 Å². The number of nitriles is 2. The average molecular weight is 537 g/mol. The molecule has 0 aliphatic heterocycles. The maximum Gasteiger partial charge on any atom is 0.103 e. The van der Waals surface area contributed by atoms with Crippen molar-refractivity contribution in [2.75, 3.05) is 0 Å². The van der Waals surface area contributed by atoms with Gasteiger partial charge in [-0.3, -0.25) is 0 Å². The minimum Gasteiger partial charge on any atom is -0.309 e. The van der Waals surface area contributed by atoms with Crippen molar-refractivity contribution in [3.8, 4) is 23.5 Å². The van der Waals surface area contributed by atoms with Gasteiger partial charge in [-0.2, -0.15) is 10.5 Å². The number of para-hydroxylation sites is 1. The summed E-state index contributed by atoms with van der Waals surface area (Å²) >= 11 is 0. The van der Waals surface area contributed by atoms with E-state index in [9.17, 15) is 10.5 Å². The maximum atomic E-state index is 10.4. The Morgan fingerprint density at radius 2 is 1.14 bits per heavy atom. The highest BCUT2D eigenvalue weighted by molar-refractivity contribution is 6.21. The van der Waals surface area contributed by atoms with E-state index in [4.69, 9.17) is 0 Å². The second-order valence-corrected chi connectivity index (χ2v) is 11.0. The quantitative estimate of drug-likeness (QED) is 0.221. The number of hydrogen-bond acceptors (Lipinski definition) is 2. The molecular formula is C38H24N4. The molecule has 0 radical (unpaired) electrons. The monoisotopic (exact) mass is 536 g/mol. The van der Waals surface area contributed by atoms with Crippen molar-refractivity contribution in [3.63, 3.8) is 0 Å². The van der Waals surface area contributed by atoms with E-state index in [0.29, 0.717) is 16.8 Å². The summed E-state index contributed by atoms with van der Waals surface area (Å²) in [5, 5.41) is 27.7. The third-order valence-corrected chi connectivity index (χ3v) is 8.47. The highest BCUT2D eigenvalue weighted by Crippen LogP contribution is 2.39. The fraction of sp³-hybridized carbons (Fsp3) is 0.0526. The lowest BCUT2D eigenvalue weighted by Crippen LogP contribution is -2.04. The number of nitrogens with zero attached hydrogens (tertiary/aromatic N) is 4. The molecular weight excluding hydrogens is 512 g/mol. The Kier molecular flexibility index (Phi) is 5.05. The molecule has 0 spiro atoms. The number of benzene rings is 6. The molecule has 0 atom stereocenters. The summed E-state index contributed by atoms with van der Waals surface area (Å²) in [6.07, 6.45) is 0. The molecule has 6 aromatic carbocycles. The number of hydrogen-bond donors (Lipinski definition) is 0. The van der Waals surface area contributed by atoms with Gasteiger partial charge in [-0.1, -0.05) is 71.8 Å². The van der Waals surface area contributed by atoms with Gasteiger partial charge in [0.15, 0.2) is 0 Å². The van der Waals surface area contributed by atoms with Gasteiger partial charge in [-0.25, -0.2) is 0 Å². The third-order valence-electron chi connectivity index (χ3n) is 8.47. The van der Waals surface area contributed by atoms with E-state index in [2.05, 4.69) is 132 Å². The highest BCUT2D eigenvalue weighted by Gasteiger charge is 2.21. The Morgan fingerprint density at radius 1 is 0.524 bits per heavy atom. The van der Waals surface area contributed by atoms with Crippen molar-refractivity contribution in [3.05, 3.63) is 131 Å². The number of aromatic nitrogens is 2. The van der Waals surface area contributed by atoms with Gasteiger partial charge in [0.25, 0.3) is 0 Å². The highest BCUT2D eigenvalue weighted by atomic mass is 15.0. The van der Waals surface area contributed by atoms with Crippen LogP contribution < -0.4 is 0 Å². The van der Waals surface area contributed by atoms with E-state index < -0.39 is 0 Å². The Morgan fingerprint density at radius 3 is 1.83 bits per heavy atom. The molecule has 42 heavy (non-hydrogen) atoms. The lowest BCUT2D eigenvalue weighted by Gasteiger charge is -2.16. The zero-order valence-corrected chi connectivity index (χ0v) is 23.2. The Balaban J connectivity index is 1.54. The van der Waals surface area contributed by atoms with Gasteiger partial charge in [0, 0.05) is 27.2 Å². The molecule has 0 N–H and O–H groups in total. The largest absolute Gasteiger partial charge is 0.309 e. The van der Waals surface area contributed by atoms with Crippen molar-refractivity contribution in [1.82, 2.24) is 9.13 Å². The van der Waals surface area contributed by atoms with Gasteiger partial charge in [-0.05, 0) is 73.2 Å². The number of rotatable bonds is 2. The Bertz CT molecular complexity index is 2450. The first kappa shape index (κ1) is 24.0. The summed E-state index contributed by atoms with van der Waals surface area (Å²) in [7, 11) is 0. The first-order chi connectivity index (χ1) is 20.6. The average Bonchev–Trinajstić information content (AvgIpc) is 3.52. The van der Waals surface area contributed by atoms with E-state index in [1.54, 1.807) is 0 Å². The van der Waals surface area contributed by atoms with Gasteiger partial charge >= 0.3 is 0 Å². The molecule has 196 valence electrons. The van der Waals surface area contributed by atoms with E-state index in [0.717, 1.165) is 43.9 Å². The van der Waals surface area contributed by atoms with Crippen LogP contribution in [0.25, 0.3) is 65.8 Å². The van der Waals surface area contributed by atoms with Crippen molar-refractivity contribution in [1.29, 1.82) is 10.5 Å². The second kappa shape index (κ2) is 8.83. The van der Waals surface area contributed by atoms with Crippen LogP contribution in [0.15, 0.2) is 109 Å². The molecule has 2 aromatic heterocycles. The zero-order valence-electron chi connectivity index (χ0n) is 23.2. The SMILES string of the molecule is Cc1ccc2c(c1)c1cc(C)ccc1n2-c1cc(-n2c3ccccc3c3c4ccccc4ccc32)cc(C#N)c1C#N. The predicted octanol–water partition coefficient (Wildman–Crippen LogP) is 9.39. The van der Waals surface area contributed by atoms with E-state index in [1.165, 1.54) is 27.3 Å². The minimum absolute atomic E-state index is 0.353. The summed E-state index contributed by atoms with van der Waals surface area (Å²) in [6, 6.07) is 42.6. The molecule has 2 heterocycles. The fourth-order valence-electron chi connectivity index (χ4n) is 6.65. The van der Waals surface area contributed by atoms with Gasteiger partial charge in [-0.15, -0.1) is 0 Å². The Labute approximate surface area is 242 Å². The molecule has 0 saturated heterocycles. The second-order valence-electron chi connectivity index (χ2n) is 11.0. The Hall–Kier alpha value is -5.84. The minimum atomic E-state index is 0.353. The van der Waals surface area contributed by atoms with Crippen LogP contribution in [-0.4, -0.2) is 9.13 Å². The van der Waals surface area contributed by atoms with Gasteiger partial charge in [0.1, 0.15) is 12.1 Å². The first-order valence-corrected chi connectivity index (χ1v) is 14.0. The van der Waals surface area contributed by atoms with Crippen LogP contribution in [0.1, 0.15) is 22.3 Å². The van der Waals surface area contributed by atoms with Gasteiger partial charge < -0.3 is 9.13 Å². The van der Waals surface area contributed by atoms with Crippen molar-refractivity contribution < 1.29 is 0 Å². The summed E-state index contributed by atoms with van der Waals surface area (Å²) < 4.78 is 4.38. The van der Waals surface area contributed by atoms with Gasteiger partial charge in [0.05, 0.1) is 38.9 Å². The van der Waals surface area contributed by atoms with Crippen LogP contribution in [0.4, 0.5) is 0 Å². The smallest absolute Gasteiger partial charge is 0.103 e. The predicted molar refractivity (Wildman–Crippen MR) is 172 cm³/mol. The van der Waals surface area contributed by atoms with E-state index in [1.807, 2.05) is 12.1 Å². The normalized spacial score (nSPS) is 11.5. The van der Waals surface area contributed by atoms with Gasteiger partial charge in [0.2, 0.25) is 0 Å². The number of aryl methyl sites for hydroxylation is 2. The van der Waals surface area contributed by atoms with Crippen LogP contribution >= 0.6 is 0 Å². The molecule has 0 aliphatic rings. The topological polar surface area (TPSA) is 57.4 Å². The van der Waals surface area contributed by atoms with Crippen LogP contribution in [-0.2, 0) is 0 Å². The van der Waals surface area contributed by atoms with Crippen LogP contribution in [0.2, 0.25) is 0 Å².